The van der Waals surface area contributed by atoms with Crippen molar-refractivity contribution < 1.29 is 4.79 Å². The van der Waals surface area contributed by atoms with Crippen LogP contribution in [0.2, 0.25) is 0 Å². The van der Waals surface area contributed by atoms with Gasteiger partial charge in [-0.25, -0.2) is 9.97 Å². The minimum Gasteiger partial charge on any atom is -0.290 e. The number of hydrogen-bond donors (Lipinski definition) is 0. The lowest BCUT2D eigenvalue weighted by atomic mass is 10.0. The highest BCUT2D eigenvalue weighted by atomic mass is 16.1. The number of carbonyl (C=O) groups is 1. The predicted molar refractivity (Wildman–Crippen MR) is 55.2 cm³/mol. The van der Waals surface area contributed by atoms with E-state index in [1.807, 2.05) is 13.8 Å². The number of nitrogens with zero attached hydrogens (tertiary/aromatic N) is 2. The minimum atomic E-state index is 0.0303. The number of aryl methyl sites for hydroxylation is 1. The molecular weight excluding hydrogens is 176 g/mol. The Balaban J connectivity index is 2.74. The van der Waals surface area contributed by atoms with E-state index in [0.29, 0.717) is 5.82 Å². The molecule has 0 aromatic carbocycles. The Bertz CT molecular complexity index is 306. The van der Waals surface area contributed by atoms with Crippen molar-refractivity contribution in [1.82, 2.24) is 9.97 Å². The Labute approximate surface area is 84.6 Å². The predicted octanol–water partition coefficient (Wildman–Crippen LogP) is 2.40. The second-order valence-electron chi connectivity index (χ2n) is 3.64. The fourth-order valence-electron chi connectivity index (χ4n) is 1.30. The highest BCUT2D eigenvalue weighted by Gasteiger charge is 2.16. The monoisotopic (exact) mass is 192 g/mol. The first-order valence-corrected chi connectivity index (χ1v) is 4.98. The van der Waals surface area contributed by atoms with Crippen LogP contribution in [0.15, 0.2) is 12.4 Å². The molecule has 1 heterocycles. The molecule has 76 valence electrons. The first-order chi connectivity index (χ1) is 6.65. The maximum atomic E-state index is 11.7. The molecule has 1 atom stereocenters. The van der Waals surface area contributed by atoms with Gasteiger partial charge >= 0.3 is 0 Å². The summed E-state index contributed by atoms with van der Waals surface area (Å²) in [6, 6.07) is 0. The molecule has 1 unspecified atom stereocenters. The summed E-state index contributed by atoms with van der Waals surface area (Å²) in [6.45, 7) is 5.90. The third-order valence-electron chi connectivity index (χ3n) is 2.17. The standard InChI is InChI=1S/C11H16N2O/c1-4-5-9(3)10(14)11-12-6-8(2)7-13-11/h6-7,9H,4-5H2,1-3H3. The van der Waals surface area contributed by atoms with Gasteiger partial charge in [0.25, 0.3) is 0 Å². The molecule has 0 aliphatic carbocycles. The van der Waals surface area contributed by atoms with Crippen molar-refractivity contribution in [2.45, 2.75) is 33.6 Å². The van der Waals surface area contributed by atoms with Crippen LogP contribution >= 0.6 is 0 Å². The summed E-state index contributed by atoms with van der Waals surface area (Å²) in [6.07, 6.45) is 5.27. The summed E-state index contributed by atoms with van der Waals surface area (Å²) in [5.41, 5.74) is 0.977. The number of hydrogen-bond acceptors (Lipinski definition) is 3. The molecule has 1 aromatic rings. The molecule has 3 nitrogen and oxygen atoms in total. The number of Topliss-reactive ketones (excluding diaryl/α,β-unsaturated/α-hetero) is 1. The van der Waals surface area contributed by atoms with Crippen molar-refractivity contribution >= 4 is 5.78 Å². The van der Waals surface area contributed by atoms with E-state index >= 15 is 0 Å². The first-order valence-electron chi connectivity index (χ1n) is 4.98. The molecule has 0 saturated carbocycles. The van der Waals surface area contributed by atoms with E-state index in [4.69, 9.17) is 0 Å². The molecule has 0 amide bonds. The first kappa shape index (κ1) is 10.8. The van der Waals surface area contributed by atoms with Gasteiger partial charge in [-0.05, 0) is 18.9 Å². The topological polar surface area (TPSA) is 42.9 Å². The van der Waals surface area contributed by atoms with Gasteiger partial charge in [0.2, 0.25) is 5.78 Å². The van der Waals surface area contributed by atoms with E-state index in [2.05, 4.69) is 16.9 Å². The molecule has 1 aromatic heterocycles. The molecule has 3 heteroatoms. The van der Waals surface area contributed by atoms with E-state index in [9.17, 15) is 4.79 Å². The molecular formula is C11H16N2O. The zero-order valence-electron chi connectivity index (χ0n) is 8.95. The van der Waals surface area contributed by atoms with Gasteiger partial charge in [0.15, 0.2) is 5.82 Å². The maximum absolute atomic E-state index is 11.7. The number of carbonyl (C=O) groups excluding carboxylic acids is 1. The van der Waals surface area contributed by atoms with Crippen molar-refractivity contribution in [3.05, 3.63) is 23.8 Å². The molecule has 0 spiro atoms. The Morgan fingerprint density at radius 1 is 1.43 bits per heavy atom. The third-order valence-corrected chi connectivity index (χ3v) is 2.17. The van der Waals surface area contributed by atoms with E-state index in [0.717, 1.165) is 18.4 Å². The Morgan fingerprint density at radius 2 is 2.00 bits per heavy atom. The summed E-state index contributed by atoms with van der Waals surface area (Å²) in [5.74, 6) is 0.422. The summed E-state index contributed by atoms with van der Waals surface area (Å²) in [4.78, 5) is 19.8. The number of rotatable bonds is 4. The van der Waals surface area contributed by atoms with Crippen molar-refractivity contribution in [2.75, 3.05) is 0 Å². The van der Waals surface area contributed by atoms with Crippen LogP contribution in [-0.4, -0.2) is 15.8 Å². The maximum Gasteiger partial charge on any atom is 0.202 e. The summed E-state index contributed by atoms with van der Waals surface area (Å²) in [7, 11) is 0. The van der Waals surface area contributed by atoms with Gasteiger partial charge in [-0.15, -0.1) is 0 Å². The molecule has 0 N–H and O–H groups in total. The van der Waals surface area contributed by atoms with E-state index in [-0.39, 0.29) is 11.7 Å². The summed E-state index contributed by atoms with van der Waals surface area (Å²) < 4.78 is 0. The Kier molecular flexibility index (Phi) is 3.74. The third kappa shape index (κ3) is 2.62. The van der Waals surface area contributed by atoms with Crippen molar-refractivity contribution in [3.63, 3.8) is 0 Å². The van der Waals surface area contributed by atoms with Gasteiger partial charge in [-0.2, -0.15) is 0 Å². The van der Waals surface area contributed by atoms with Crippen LogP contribution in [0.1, 0.15) is 42.9 Å². The van der Waals surface area contributed by atoms with Crippen LogP contribution in [0.4, 0.5) is 0 Å². The summed E-state index contributed by atoms with van der Waals surface area (Å²) >= 11 is 0. The van der Waals surface area contributed by atoms with Crippen LogP contribution in [-0.2, 0) is 0 Å². The van der Waals surface area contributed by atoms with Crippen molar-refractivity contribution in [3.8, 4) is 0 Å². The molecule has 14 heavy (non-hydrogen) atoms. The van der Waals surface area contributed by atoms with E-state index < -0.39 is 0 Å². The SMILES string of the molecule is CCCC(C)C(=O)c1ncc(C)cn1. The van der Waals surface area contributed by atoms with Gasteiger partial charge in [-0.3, -0.25) is 4.79 Å². The normalized spacial score (nSPS) is 12.5. The van der Waals surface area contributed by atoms with Gasteiger partial charge in [0, 0.05) is 18.3 Å². The lowest BCUT2D eigenvalue weighted by molar-refractivity contribution is 0.0913. The molecule has 0 aliphatic rings. The zero-order valence-corrected chi connectivity index (χ0v) is 8.95. The van der Waals surface area contributed by atoms with Gasteiger partial charge in [-0.1, -0.05) is 20.3 Å². The lowest BCUT2D eigenvalue weighted by Gasteiger charge is -2.06. The van der Waals surface area contributed by atoms with Crippen molar-refractivity contribution in [2.24, 2.45) is 5.92 Å². The Morgan fingerprint density at radius 3 is 2.50 bits per heavy atom. The van der Waals surface area contributed by atoms with E-state index in [1.54, 1.807) is 12.4 Å². The fourth-order valence-corrected chi connectivity index (χ4v) is 1.30. The summed E-state index contributed by atoms with van der Waals surface area (Å²) in [5, 5.41) is 0. The molecule has 0 radical (unpaired) electrons. The van der Waals surface area contributed by atoms with Crippen LogP contribution in [0, 0.1) is 12.8 Å². The smallest absolute Gasteiger partial charge is 0.202 e. The van der Waals surface area contributed by atoms with Gasteiger partial charge < -0.3 is 0 Å². The molecule has 0 fully saturated rings. The number of ketones is 1. The van der Waals surface area contributed by atoms with Crippen molar-refractivity contribution in [1.29, 1.82) is 0 Å². The molecule has 0 aliphatic heterocycles. The average molecular weight is 192 g/mol. The molecule has 0 saturated heterocycles. The zero-order chi connectivity index (χ0) is 10.6. The average Bonchev–Trinajstić information content (AvgIpc) is 2.18. The highest BCUT2D eigenvalue weighted by Crippen LogP contribution is 2.10. The highest BCUT2D eigenvalue weighted by molar-refractivity contribution is 5.94. The van der Waals surface area contributed by atoms with Gasteiger partial charge in [0.1, 0.15) is 0 Å². The molecule has 1 rings (SSSR count). The Hall–Kier alpha value is -1.25. The van der Waals surface area contributed by atoms with Crippen LogP contribution in [0.5, 0.6) is 0 Å². The second-order valence-corrected chi connectivity index (χ2v) is 3.64. The van der Waals surface area contributed by atoms with Crippen LogP contribution in [0.25, 0.3) is 0 Å². The minimum absolute atomic E-state index is 0.0303. The number of aromatic nitrogens is 2. The van der Waals surface area contributed by atoms with Crippen LogP contribution in [0.3, 0.4) is 0 Å². The second kappa shape index (κ2) is 4.84. The lowest BCUT2D eigenvalue weighted by Crippen LogP contribution is -2.14. The van der Waals surface area contributed by atoms with Gasteiger partial charge in [0.05, 0.1) is 0 Å². The quantitative estimate of drug-likeness (QED) is 0.688. The largest absolute Gasteiger partial charge is 0.290 e. The molecule has 0 bridgehead atoms. The fraction of sp³-hybridized carbons (Fsp3) is 0.545. The van der Waals surface area contributed by atoms with Crippen LogP contribution < -0.4 is 0 Å². The van der Waals surface area contributed by atoms with E-state index in [1.165, 1.54) is 0 Å².